The number of nitrogens with one attached hydrogen (secondary N) is 1. The number of benzene rings is 3. The van der Waals surface area contributed by atoms with E-state index in [4.69, 9.17) is 4.74 Å². The Morgan fingerprint density at radius 3 is 2.28 bits per heavy atom. The maximum Gasteiger partial charge on any atom is 0.243 e. The molecule has 0 fully saturated rings. The van der Waals surface area contributed by atoms with E-state index in [9.17, 15) is 13.2 Å². The van der Waals surface area contributed by atoms with Gasteiger partial charge in [0, 0.05) is 14.1 Å². The first-order valence-electron chi connectivity index (χ1n) is 10.0. The number of sulfonamides is 1. The van der Waals surface area contributed by atoms with Crippen molar-refractivity contribution in [2.24, 2.45) is 0 Å². The molecule has 0 heterocycles. The van der Waals surface area contributed by atoms with E-state index < -0.39 is 16.3 Å². The van der Waals surface area contributed by atoms with Crippen LogP contribution in [-0.4, -0.2) is 39.5 Å². The molecule has 168 valence electrons. The number of hydrogen-bond acceptors (Lipinski definition) is 5. The fourth-order valence-electron chi connectivity index (χ4n) is 3.03. The predicted octanol–water partition coefficient (Wildman–Crippen LogP) is 4.11. The van der Waals surface area contributed by atoms with Crippen molar-refractivity contribution < 1.29 is 17.9 Å². The maximum atomic E-state index is 12.9. The average molecular weight is 471 g/mol. The lowest BCUT2D eigenvalue weighted by atomic mass is 10.1. The van der Waals surface area contributed by atoms with Crippen molar-refractivity contribution in [3.8, 4) is 16.9 Å². The zero-order valence-corrected chi connectivity index (χ0v) is 19.9. The molecule has 0 unspecified atom stereocenters. The Kier molecular flexibility index (Phi) is 7.60. The Labute approximate surface area is 194 Å². The largest absolute Gasteiger partial charge is 0.473 e. The van der Waals surface area contributed by atoms with Gasteiger partial charge in [-0.1, -0.05) is 60.2 Å². The lowest BCUT2D eigenvalue weighted by Crippen LogP contribution is -2.42. The van der Waals surface area contributed by atoms with Crippen molar-refractivity contribution in [2.75, 3.05) is 14.1 Å². The summed E-state index contributed by atoms with van der Waals surface area (Å²) in [5.41, 5.74) is 2.73. The van der Waals surface area contributed by atoms with E-state index >= 15 is 0 Å². The Morgan fingerprint density at radius 2 is 1.66 bits per heavy atom. The molecular weight excluding hydrogens is 444 g/mol. The van der Waals surface area contributed by atoms with Gasteiger partial charge >= 0.3 is 0 Å². The second kappa shape index (κ2) is 10.2. The topological polar surface area (TPSA) is 75.7 Å². The van der Waals surface area contributed by atoms with Crippen LogP contribution in [0.25, 0.3) is 11.1 Å². The zero-order valence-electron chi connectivity index (χ0n) is 18.1. The van der Waals surface area contributed by atoms with Crippen LogP contribution in [0.2, 0.25) is 0 Å². The third-order valence-electron chi connectivity index (χ3n) is 4.83. The molecule has 0 aliphatic rings. The molecule has 3 aromatic rings. The molecule has 1 atom stereocenters. The van der Waals surface area contributed by atoms with Crippen molar-refractivity contribution in [1.82, 2.24) is 9.62 Å². The molecule has 0 saturated carbocycles. The highest BCUT2D eigenvalue weighted by Crippen LogP contribution is 2.34. The lowest BCUT2D eigenvalue weighted by molar-refractivity contribution is -0.130. The first-order valence-corrected chi connectivity index (χ1v) is 11.9. The minimum atomic E-state index is -3.91. The van der Waals surface area contributed by atoms with Crippen molar-refractivity contribution in [2.45, 2.75) is 29.4 Å². The van der Waals surface area contributed by atoms with Gasteiger partial charge in [-0.3, -0.25) is 4.79 Å². The molecule has 32 heavy (non-hydrogen) atoms. The molecule has 0 bridgehead atoms. The summed E-state index contributed by atoms with van der Waals surface area (Å²) in [5.74, 6) is 0.0967. The molecule has 0 saturated heterocycles. The summed E-state index contributed by atoms with van der Waals surface area (Å²) in [5, 5.41) is 0. The van der Waals surface area contributed by atoms with Crippen LogP contribution in [0.3, 0.4) is 0 Å². The molecule has 0 aliphatic heterocycles. The number of nitrogens with zero attached hydrogens (tertiary/aromatic N) is 1. The highest BCUT2D eigenvalue weighted by molar-refractivity contribution is 7.89. The first-order chi connectivity index (χ1) is 15.2. The monoisotopic (exact) mass is 470 g/mol. The van der Waals surface area contributed by atoms with Gasteiger partial charge in [-0.15, -0.1) is 12.6 Å². The van der Waals surface area contributed by atoms with Gasteiger partial charge in [-0.25, -0.2) is 8.42 Å². The number of rotatable bonds is 8. The van der Waals surface area contributed by atoms with E-state index in [0.29, 0.717) is 10.6 Å². The van der Waals surface area contributed by atoms with Gasteiger partial charge in [0.15, 0.2) is 6.23 Å². The number of carbonyl (C=O) groups is 1. The summed E-state index contributed by atoms with van der Waals surface area (Å²) < 4.78 is 34.4. The van der Waals surface area contributed by atoms with E-state index in [0.717, 1.165) is 16.7 Å². The minimum Gasteiger partial charge on any atom is -0.473 e. The number of ether oxygens (including phenoxy) is 1. The van der Waals surface area contributed by atoms with Crippen molar-refractivity contribution >= 4 is 28.6 Å². The molecule has 0 aromatic heterocycles. The van der Waals surface area contributed by atoms with Crippen molar-refractivity contribution in [3.63, 3.8) is 0 Å². The molecule has 0 spiro atoms. The summed E-state index contributed by atoms with van der Waals surface area (Å²) in [7, 11) is -0.703. The van der Waals surface area contributed by atoms with Crippen molar-refractivity contribution in [3.05, 3.63) is 78.4 Å². The van der Waals surface area contributed by atoms with Crippen LogP contribution in [0.1, 0.15) is 12.0 Å². The summed E-state index contributed by atoms with van der Waals surface area (Å²) in [6.45, 7) is 1.87. The third-order valence-corrected chi connectivity index (χ3v) is 6.76. The van der Waals surface area contributed by atoms with Crippen LogP contribution in [-0.2, 0) is 14.8 Å². The number of amides is 1. The quantitative estimate of drug-likeness (QED) is 0.384. The van der Waals surface area contributed by atoms with Gasteiger partial charge in [-0.2, -0.15) is 4.72 Å². The van der Waals surface area contributed by atoms with Crippen LogP contribution in [0.5, 0.6) is 5.75 Å². The number of aryl methyl sites for hydroxylation is 1. The van der Waals surface area contributed by atoms with Gasteiger partial charge in [0.25, 0.3) is 0 Å². The molecule has 1 amide bonds. The average Bonchev–Trinajstić information content (AvgIpc) is 2.75. The standard InChI is InChI=1S/C24H26N2O4S2/c1-17-12-14-19(15-13-17)32(28,29)25-22(16-23(27)26(2)3)30-21-11-7-10-20(24(21)31)18-8-5-4-6-9-18/h4-15,22,25,31H,16H2,1-3H3/t22-/m0/s1. The van der Waals surface area contributed by atoms with Crippen molar-refractivity contribution in [1.29, 1.82) is 0 Å². The van der Waals surface area contributed by atoms with E-state index in [1.54, 1.807) is 38.4 Å². The smallest absolute Gasteiger partial charge is 0.243 e. The van der Waals surface area contributed by atoms with Crippen LogP contribution in [0.15, 0.2) is 82.6 Å². The number of thiol groups is 1. The first kappa shape index (κ1) is 23.8. The SMILES string of the molecule is Cc1ccc(S(=O)(=O)N[C@H](CC(=O)N(C)C)Oc2cccc(-c3ccccc3)c2S)cc1. The van der Waals surface area contributed by atoms with Gasteiger partial charge in [0.2, 0.25) is 15.9 Å². The maximum absolute atomic E-state index is 12.9. The molecule has 0 aliphatic carbocycles. The molecule has 1 N–H and O–H groups in total. The molecule has 8 heteroatoms. The van der Waals surface area contributed by atoms with E-state index in [1.165, 1.54) is 17.0 Å². The molecule has 0 radical (unpaired) electrons. The summed E-state index contributed by atoms with van der Waals surface area (Å²) >= 11 is 4.62. The third kappa shape index (κ3) is 5.91. The fraction of sp³-hybridized carbons (Fsp3) is 0.208. The van der Waals surface area contributed by atoms with E-state index in [2.05, 4.69) is 17.4 Å². The van der Waals surface area contributed by atoms with Gasteiger partial charge in [0.1, 0.15) is 5.75 Å². The van der Waals surface area contributed by atoms with Gasteiger partial charge in [0.05, 0.1) is 16.2 Å². The zero-order chi connectivity index (χ0) is 23.3. The van der Waals surface area contributed by atoms with E-state index in [1.807, 2.05) is 43.3 Å². The Morgan fingerprint density at radius 1 is 1.00 bits per heavy atom. The summed E-state index contributed by atoms with van der Waals surface area (Å²) in [6.07, 6.45) is -1.30. The Balaban J connectivity index is 1.91. The number of hydrogen-bond donors (Lipinski definition) is 2. The Hall–Kier alpha value is -2.81. The lowest BCUT2D eigenvalue weighted by Gasteiger charge is -2.23. The second-order valence-electron chi connectivity index (χ2n) is 7.55. The molecule has 3 aromatic carbocycles. The van der Waals surface area contributed by atoms with Gasteiger partial charge < -0.3 is 9.64 Å². The van der Waals surface area contributed by atoms with Crippen LogP contribution < -0.4 is 9.46 Å². The normalized spacial score (nSPS) is 12.2. The highest BCUT2D eigenvalue weighted by atomic mass is 32.2. The highest BCUT2D eigenvalue weighted by Gasteiger charge is 2.25. The summed E-state index contributed by atoms with van der Waals surface area (Å²) in [4.78, 5) is 14.4. The predicted molar refractivity (Wildman–Crippen MR) is 128 cm³/mol. The van der Waals surface area contributed by atoms with Crippen LogP contribution in [0, 0.1) is 6.92 Å². The van der Waals surface area contributed by atoms with Crippen LogP contribution in [0.4, 0.5) is 0 Å². The van der Waals surface area contributed by atoms with E-state index in [-0.39, 0.29) is 17.2 Å². The second-order valence-corrected chi connectivity index (χ2v) is 9.71. The molecule has 6 nitrogen and oxygen atoms in total. The number of carbonyl (C=O) groups excluding carboxylic acids is 1. The fourth-order valence-corrected chi connectivity index (χ4v) is 4.47. The van der Waals surface area contributed by atoms with Gasteiger partial charge in [-0.05, 0) is 36.2 Å². The minimum absolute atomic E-state index is 0.0955. The summed E-state index contributed by atoms with van der Waals surface area (Å²) in [6, 6.07) is 21.5. The molecule has 3 rings (SSSR count). The Bertz CT molecular complexity index is 1180. The van der Waals surface area contributed by atoms with Crippen LogP contribution >= 0.6 is 12.6 Å². The molecular formula is C24H26N2O4S2.